The molecule has 2 aliphatic rings. The molecular formula is C13H22N2O3. The Labute approximate surface area is 107 Å². The predicted molar refractivity (Wildman–Crippen MR) is 66.9 cm³/mol. The van der Waals surface area contributed by atoms with Crippen molar-refractivity contribution in [3.8, 4) is 0 Å². The van der Waals surface area contributed by atoms with Crippen LogP contribution in [0, 0.1) is 5.41 Å². The Balaban J connectivity index is 1.75. The van der Waals surface area contributed by atoms with Crippen molar-refractivity contribution >= 4 is 11.9 Å². The van der Waals surface area contributed by atoms with Crippen molar-refractivity contribution in [1.29, 1.82) is 0 Å². The average Bonchev–Trinajstić information content (AvgIpc) is 2.19. The first-order chi connectivity index (χ1) is 8.43. The quantitative estimate of drug-likeness (QED) is 0.659. The Hall–Kier alpha value is -1.10. The number of nitrogens with one attached hydrogen (secondary N) is 1. The fourth-order valence-corrected chi connectivity index (χ4v) is 2.89. The summed E-state index contributed by atoms with van der Waals surface area (Å²) >= 11 is 0. The normalized spacial score (nSPS) is 23.6. The molecule has 4 N–H and O–H groups in total. The number of rotatable bonds is 6. The van der Waals surface area contributed by atoms with Gasteiger partial charge < -0.3 is 16.2 Å². The third-order valence-corrected chi connectivity index (χ3v) is 4.46. The molecule has 0 heterocycles. The van der Waals surface area contributed by atoms with Gasteiger partial charge in [0.2, 0.25) is 5.91 Å². The summed E-state index contributed by atoms with van der Waals surface area (Å²) in [6.07, 6.45) is 6.32. The summed E-state index contributed by atoms with van der Waals surface area (Å²) in [7, 11) is 0. The lowest BCUT2D eigenvalue weighted by Crippen LogP contribution is -2.51. The van der Waals surface area contributed by atoms with E-state index in [4.69, 9.17) is 10.8 Å². The first-order valence-corrected chi connectivity index (χ1v) is 6.71. The Bertz CT molecular complexity index is 346. The molecule has 0 atom stereocenters. The smallest absolute Gasteiger partial charge is 0.303 e. The molecule has 0 saturated heterocycles. The summed E-state index contributed by atoms with van der Waals surface area (Å²) in [5, 5.41) is 11.8. The molecule has 0 aromatic rings. The second-order valence-corrected chi connectivity index (χ2v) is 6.09. The lowest BCUT2D eigenvalue weighted by molar-refractivity contribution is -0.142. The molecule has 0 unspecified atom stereocenters. The summed E-state index contributed by atoms with van der Waals surface area (Å²) in [6.45, 7) is 0.480. The summed E-state index contributed by atoms with van der Waals surface area (Å²) in [4.78, 5) is 22.6. The van der Waals surface area contributed by atoms with Crippen LogP contribution in [0.2, 0.25) is 0 Å². The van der Waals surface area contributed by atoms with Crippen molar-refractivity contribution in [1.82, 2.24) is 5.32 Å². The Kier molecular flexibility index (Phi) is 3.61. The Morgan fingerprint density at radius 3 is 2.11 bits per heavy atom. The number of hydrogen-bond donors (Lipinski definition) is 3. The van der Waals surface area contributed by atoms with Crippen LogP contribution in [0.3, 0.4) is 0 Å². The van der Waals surface area contributed by atoms with E-state index in [-0.39, 0.29) is 23.3 Å². The lowest BCUT2D eigenvalue weighted by Gasteiger charge is -2.42. The monoisotopic (exact) mass is 254 g/mol. The summed E-state index contributed by atoms with van der Waals surface area (Å²) in [5.74, 6) is -0.813. The van der Waals surface area contributed by atoms with Crippen LogP contribution in [0.1, 0.15) is 51.4 Å². The van der Waals surface area contributed by atoms with Crippen LogP contribution >= 0.6 is 0 Å². The van der Waals surface area contributed by atoms with Gasteiger partial charge in [-0.05, 0) is 37.5 Å². The molecule has 2 saturated carbocycles. The summed E-state index contributed by atoms with van der Waals surface area (Å²) < 4.78 is 0. The highest BCUT2D eigenvalue weighted by Crippen LogP contribution is 2.43. The minimum Gasteiger partial charge on any atom is -0.481 e. The van der Waals surface area contributed by atoms with Crippen LogP contribution in [-0.2, 0) is 9.59 Å². The third kappa shape index (κ3) is 3.02. The van der Waals surface area contributed by atoms with E-state index < -0.39 is 5.97 Å². The van der Waals surface area contributed by atoms with Crippen molar-refractivity contribution < 1.29 is 14.7 Å². The van der Waals surface area contributed by atoms with E-state index in [2.05, 4.69) is 5.32 Å². The molecule has 2 fully saturated rings. The van der Waals surface area contributed by atoms with Crippen molar-refractivity contribution in [2.75, 3.05) is 6.54 Å². The van der Waals surface area contributed by atoms with Gasteiger partial charge in [0, 0.05) is 18.5 Å². The number of carbonyl (C=O) groups excluding carboxylic acids is 1. The molecule has 0 aromatic carbocycles. The SMILES string of the molecule is NC1(CC(=O)NCC2(CC(=O)O)CCC2)CCC1. The van der Waals surface area contributed by atoms with E-state index in [1.165, 1.54) is 0 Å². The molecule has 2 aliphatic carbocycles. The highest BCUT2D eigenvalue weighted by atomic mass is 16.4. The number of amides is 1. The van der Waals surface area contributed by atoms with Gasteiger partial charge in [0.1, 0.15) is 0 Å². The molecule has 5 heteroatoms. The largest absolute Gasteiger partial charge is 0.481 e. The molecule has 5 nitrogen and oxygen atoms in total. The minimum atomic E-state index is -0.779. The highest BCUT2D eigenvalue weighted by Gasteiger charge is 2.40. The predicted octanol–water partition coefficient (Wildman–Crippen LogP) is 1.02. The first kappa shape index (κ1) is 13.3. The summed E-state index contributed by atoms with van der Waals surface area (Å²) in [6, 6.07) is 0. The number of carbonyl (C=O) groups is 2. The van der Waals surface area contributed by atoms with Crippen LogP contribution in [0.5, 0.6) is 0 Å². The van der Waals surface area contributed by atoms with E-state index in [1.807, 2.05) is 0 Å². The van der Waals surface area contributed by atoms with E-state index in [1.54, 1.807) is 0 Å². The number of hydrogen-bond acceptors (Lipinski definition) is 3. The van der Waals surface area contributed by atoms with E-state index in [0.717, 1.165) is 38.5 Å². The van der Waals surface area contributed by atoms with Crippen LogP contribution < -0.4 is 11.1 Å². The standard InChI is InChI=1S/C13H22N2O3/c14-13(5-2-6-13)7-10(16)15-9-12(3-1-4-12)8-11(17)18/h1-9,14H2,(H,15,16)(H,17,18). The maximum absolute atomic E-state index is 11.8. The minimum absolute atomic E-state index is 0.0335. The van der Waals surface area contributed by atoms with Crippen LogP contribution in [0.25, 0.3) is 0 Å². The number of carboxylic acids is 1. The highest BCUT2D eigenvalue weighted by molar-refractivity contribution is 5.77. The van der Waals surface area contributed by atoms with E-state index in [9.17, 15) is 9.59 Å². The fourth-order valence-electron chi connectivity index (χ4n) is 2.89. The molecular weight excluding hydrogens is 232 g/mol. The van der Waals surface area contributed by atoms with Gasteiger partial charge in [0.05, 0.1) is 6.42 Å². The van der Waals surface area contributed by atoms with Crippen molar-refractivity contribution in [3.05, 3.63) is 0 Å². The lowest BCUT2D eigenvalue weighted by atomic mass is 9.66. The number of aliphatic carboxylic acids is 1. The summed E-state index contributed by atoms with van der Waals surface area (Å²) in [5.41, 5.74) is 5.51. The molecule has 0 aromatic heterocycles. The Morgan fingerprint density at radius 2 is 1.72 bits per heavy atom. The second kappa shape index (κ2) is 4.88. The van der Waals surface area contributed by atoms with Gasteiger partial charge in [-0.25, -0.2) is 0 Å². The third-order valence-electron chi connectivity index (χ3n) is 4.46. The molecule has 0 bridgehead atoms. The van der Waals surface area contributed by atoms with Gasteiger partial charge in [-0.3, -0.25) is 9.59 Å². The molecule has 18 heavy (non-hydrogen) atoms. The van der Waals surface area contributed by atoms with Crippen LogP contribution in [0.15, 0.2) is 0 Å². The van der Waals surface area contributed by atoms with Crippen LogP contribution in [0.4, 0.5) is 0 Å². The van der Waals surface area contributed by atoms with Crippen molar-refractivity contribution in [2.45, 2.75) is 56.9 Å². The Morgan fingerprint density at radius 1 is 1.11 bits per heavy atom. The van der Waals surface area contributed by atoms with Crippen molar-refractivity contribution in [3.63, 3.8) is 0 Å². The fraction of sp³-hybridized carbons (Fsp3) is 0.846. The van der Waals surface area contributed by atoms with Gasteiger partial charge in [0.15, 0.2) is 0 Å². The van der Waals surface area contributed by atoms with Crippen LogP contribution in [-0.4, -0.2) is 29.1 Å². The van der Waals surface area contributed by atoms with Gasteiger partial charge >= 0.3 is 5.97 Å². The average molecular weight is 254 g/mol. The molecule has 0 spiro atoms. The molecule has 0 aliphatic heterocycles. The van der Waals surface area contributed by atoms with Crippen molar-refractivity contribution in [2.24, 2.45) is 11.1 Å². The second-order valence-electron chi connectivity index (χ2n) is 6.09. The first-order valence-electron chi connectivity index (χ1n) is 6.71. The zero-order valence-corrected chi connectivity index (χ0v) is 10.7. The van der Waals surface area contributed by atoms with Gasteiger partial charge in [-0.15, -0.1) is 0 Å². The molecule has 1 amide bonds. The van der Waals surface area contributed by atoms with Gasteiger partial charge in [-0.1, -0.05) is 6.42 Å². The molecule has 2 rings (SSSR count). The van der Waals surface area contributed by atoms with Gasteiger partial charge in [-0.2, -0.15) is 0 Å². The van der Waals surface area contributed by atoms with E-state index in [0.29, 0.717) is 13.0 Å². The van der Waals surface area contributed by atoms with E-state index >= 15 is 0 Å². The van der Waals surface area contributed by atoms with Gasteiger partial charge in [0.25, 0.3) is 0 Å². The zero-order chi connectivity index (χ0) is 13.2. The maximum Gasteiger partial charge on any atom is 0.303 e. The number of nitrogens with two attached hydrogens (primary N) is 1. The number of carboxylic acid groups (broad SMARTS) is 1. The maximum atomic E-state index is 11.8. The molecule has 0 radical (unpaired) electrons. The zero-order valence-electron chi connectivity index (χ0n) is 10.7. The topological polar surface area (TPSA) is 92.4 Å². The molecule has 102 valence electrons.